The first-order valence-electron chi connectivity index (χ1n) is 7.41. The quantitative estimate of drug-likeness (QED) is 0.891. The number of aryl methyl sites for hydroxylation is 4. The maximum Gasteiger partial charge on any atom is 0.0850 e. The monoisotopic (exact) mass is 309 g/mol. The predicted octanol–water partition coefficient (Wildman–Crippen LogP) is 2.44. The van der Waals surface area contributed by atoms with Crippen molar-refractivity contribution in [1.29, 1.82) is 0 Å². The number of halogens is 1. The molecule has 1 atom stereocenters. The molecule has 1 unspecified atom stereocenters. The molecular weight excluding hydrogens is 286 g/mol. The SMILES string of the molecule is CCc1nn(C)cc1C(Cc1c(Cl)c(CC)nn1C)NC. The Hall–Kier alpha value is -1.33. The highest BCUT2D eigenvalue weighted by Crippen LogP contribution is 2.27. The zero-order chi connectivity index (χ0) is 15.6. The molecule has 0 fully saturated rings. The van der Waals surface area contributed by atoms with E-state index in [0.29, 0.717) is 0 Å². The van der Waals surface area contributed by atoms with E-state index in [0.717, 1.165) is 41.4 Å². The van der Waals surface area contributed by atoms with Crippen molar-refractivity contribution in [3.63, 3.8) is 0 Å². The molecule has 0 bridgehead atoms. The molecule has 0 amide bonds. The van der Waals surface area contributed by atoms with Crippen molar-refractivity contribution >= 4 is 11.6 Å². The van der Waals surface area contributed by atoms with Crippen LogP contribution in [0.25, 0.3) is 0 Å². The molecule has 0 aliphatic rings. The van der Waals surface area contributed by atoms with Crippen LogP contribution in [0.2, 0.25) is 5.02 Å². The number of likely N-dealkylation sites (N-methyl/N-ethyl adjacent to an activating group) is 1. The van der Waals surface area contributed by atoms with Gasteiger partial charge in [0.1, 0.15) is 0 Å². The third kappa shape index (κ3) is 3.14. The summed E-state index contributed by atoms with van der Waals surface area (Å²) in [6, 6.07) is 0.186. The predicted molar refractivity (Wildman–Crippen MR) is 85.7 cm³/mol. The van der Waals surface area contributed by atoms with Crippen LogP contribution < -0.4 is 5.32 Å². The van der Waals surface area contributed by atoms with Gasteiger partial charge in [-0.25, -0.2) is 0 Å². The molecule has 2 aromatic heterocycles. The summed E-state index contributed by atoms with van der Waals surface area (Å²) in [7, 11) is 5.89. The Morgan fingerprint density at radius 2 is 1.86 bits per heavy atom. The summed E-state index contributed by atoms with van der Waals surface area (Å²) in [5.41, 5.74) is 4.40. The molecule has 2 aromatic rings. The fourth-order valence-electron chi connectivity index (χ4n) is 2.72. The van der Waals surface area contributed by atoms with Gasteiger partial charge in [-0.3, -0.25) is 9.36 Å². The highest BCUT2D eigenvalue weighted by molar-refractivity contribution is 6.31. The van der Waals surface area contributed by atoms with Crippen LogP contribution in [0.3, 0.4) is 0 Å². The van der Waals surface area contributed by atoms with Gasteiger partial charge in [-0.1, -0.05) is 25.4 Å². The fourth-order valence-corrected chi connectivity index (χ4v) is 3.09. The Labute approximate surface area is 131 Å². The van der Waals surface area contributed by atoms with E-state index in [-0.39, 0.29) is 6.04 Å². The lowest BCUT2D eigenvalue weighted by molar-refractivity contribution is 0.557. The van der Waals surface area contributed by atoms with Gasteiger partial charge in [-0.05, 0) is 19.9 Å². The van der Waals surface area contributed by atoms with Crippen LogP contribution in [0.1, 0.15) is 42.5 Å². The molecule has 1 N–H and O–H groups in total. The molecule has 116 valence electrons. The van der Waals surface area contributed by atoms with E-state index in [1.807, 2.05) is 30.5 Å². The van der Waals surface area contributed by atoms with Crippen molar-refractivity contribution < 1.29 is 0 Å². The summed E-state index contributed by atoms with van der Waals surface area (Å²) < 4.78 is 3.77. The van der Waals surface area contributed by atoms with E-state index in [9.17, 15) is 0 Å². The Morgan fingerprint density at radius 1 is 1.19 bits per heavy atom. The van der Waals surface area contributed by atoms with Crippen LogP contribution >= 0.6 is 11.6 Å². The van der Waals surface area contributed by atoms with Crippen LogP contribution in [0.15, 0.2) is 6.20 Å². The molecule has 2 heterocycles. The zero-order valence-electron chi connectivity index (χ0n) is 13.4. The zero-order valence-corrected chi connectivity index (χ0v) is 14.2. The summed E-state index contributed by atoms with van der Waals surface area (Å²) in [6.45, 7) is 4.20. The maximum absolute atomic E-state index is 6.47. The molecular formula is C15H24ClN5. The average molecular weight is 310 g/mol. The van der Waals surface area contributed by atoms with Gasteiger partial charge in [-0.15, -0.1) is 0 Å². The Bertz CT molecular complexity index is 614. The molecule has 0 radical (unpaired) electrons. The second-order valence-electron chi connectivity index (χ2n) is 5.29. The van der Waals surface area contributed by atoms with Crippen molar-refractivity contribution in [3.8, 4) is 0 Å². The topological polar surface area (TPSA) is 47.7 Å². The molecule has 6 heteroatoms. The average Bonchev–Trinajstić information content (AvgIpc) is 2.97. The Balaban J connectivity index is 2.33. The molecule has 0 spiro atoms. The van der Waals surface area contributed by atoms with Gasteiger partial charge >= 0.3 is 0 Å². The number of nitrogens with one attached hydrogen (secondary N) is 1. The summed E-state index contributed by atoms with van der Waals surface area (Å²) in [5.74, 6) is 0. The summed E-state index contributed by atoms with van der Waals surface area (Å²) >= 11 is 6.47. The minimum Gasteiger partial charge on any atom is -0.313 e. The van der Waals surface area contributed by atoms with Crippen molar-refractivity contribution in [2.24, 2.45) is 14.1 Å². The fraction of sp³-hybridized carbons (Fsp3) is 0.600. The largest absolute Gasteiger partial charge is 0.313 e. The molecule has 2 rings (SSSR count). The van der Waals surface area contributed by atoms with E-state index in [2.05, 4.69) is 35.6 Å². The van der Waals surface area contributed by atoms with Gasteiger partial charge in [0.15, 0.2) is 0 Å². The summed E-state index contributed by atoms with van der Waals surface area (Å²) in [5, 5.41) is 13.2. The van der Waals surface area contributed by atoms with Crippen molar-refractivity contribution in [3.05, 3.63) is 33.9 Å². The van der Waals surface area contributed by atoms with Crippen LogP contribution in [0, 0.1) is 0 Å². The number of rotatable bonds is 6. The van der Waals surface area contributed by atoms with E-state index in [4.69, 9.17) is 11.6 Å². The lowest BCUT2D eigenvalue weighted by Gasteiger charge is -2.16. The van der Waals surface area contributed by atoms with Gasteiger partial charge in [0.05, 0.1) is 22.1 Å². The lowest BCUT2D eigenvalue weighted by Crippen LogP contribution is -2.21. The molecule has 0 aliphatic heterocycles. The van der Waals surface area contributed by atoms with E-state index in [1.54, 1.807) is 0 Å². The van der Waals surface area contributed by atoms with Gasteiger partial charge in [0.25, 0.3) is 0 Å². The van der Waals surface area contributed by atoms with Gasteiger partial charge in [0, 0.05) is 38.3 Å². The van der Waals surface area contributed by atoms with Gasteiger partial charge in [0.2, 0.25) is 0 Å². The van der Waals surface area contributed by atoms with Gasteiger partial charge < -0.3 is 5.32 Å². The third-order valence-electron chi connectivity index (χ3n) is 3.90. The van der Waals surface area contributed by atoms with Crippen molar-refractivity contribution in [1.82, 2.24) is 24.9 Å². The van der Waals surface area contributed by atoms with E-state index in [1.165, 1.54) is 5.56 Å². The highest BCUT2D eigenvalue weighted by Gasteiger charge is 2.21. The minimum atomic E-state index is 0.186. The second-order valence-corrected chi connectivity index (χ2v) is 5.67. The first-order chi connectivity index (χ1) is 10.0. The molecule has 5 nitrogen and oxygen atoms in total. The minimum absolute atomic E-state index is 0.186. The first kappa shape index (κ1) is 16.0. The third-order valence-corrected chi connectivity index (χ3v) is 4.33. The first-order valence-corrected chi connectivity index (χ1v) is 7.79. The highest BCUT2D eigenvalue weighted by atomic mass is 35.5. The number of hydrogen-bond donors (Lipinski definition) is 1. The Morgan fingerprint density at radius 3 is 2.38 bits per heavy atom. The number of hydrogen-bond acceptors (Lipinski definition) is 3. The molecule has 0 aliphatic carbocycles. The molecule has 21 heavy (non-hydrogen) atoms. The molecule has 0 saturated heterocycles. The van der Waals surface area contributed by atoms with Crippen molar-refractivity contribution in [2.45, 2.75) is 39.2 Å². The second kappa shape index (κ2) is 6.62. The van der Waals surface area contributed by atoms with Crippen LogP contribution in [0.5, 0.6) is 0 Å². The normalized spacial score (nSPS) is 12.9. The maximum atomic E-state index is 6.47. The van der Waals surface area contributed by atoms with E-state index >= 15 is 0 Å². The number of aromatic nitrogens is 4. The standard InChI is InChI=1S/C15H24ClN5/c1-6-11-10(9-20(4)18-11)13(17-3)8-14-15(16)12(7-2)19-21(14)5/h9,13,17H,6-8H2,1-5H3. The Kier molecular flexibility index (Phi) is 5.06. The smallest absolute Gasteiger partial charge is 0.0850 e. The van der Waals surface area contributed by atoms with Crippen molar-refractivity contribution in [2.75, 3.05) is 7.05 Å². The van der Waals surface area contributed by atoms with Crippen LogP contribution in [0.4, 0.5) is 0 Å². The van der Waals surface area contributed by atoms with Crippen LogP contribution in [-0.4, -0.2) is 26.6 Å². The molecule has 0 aromatic carbocycles. The molecule has 0 saturated carbocycles. The van der Waals surface area contributed by atoms with Gasteiger partial charge in [-0.2, -0.15) is 10.2 Å². The van der Waals surface area contributed by atoms with Crippen LogP contribution in [-0.2, 0) is 33.4 Å². The summed E-state index contributed by atoms with van der Waals surface area (Å²) in [6.07, 6.45) is 4.67. The lowest BCUT2D eigenvalue weighted by atomic mass is 10.0. The van der Waals surface area contributed by atoms with E-state index < -0.39 is 0 Å². The summed E-state index contributed by atoms with van der Waals surface area (Å²) in [4.78, 5) is 0. The number of nitrogens with zero attached hydrogens (tertiary/aromatic N) is 4.